The molecular weight excluding hydrogens is 360 g/mol. The Hall–Kier alpha value is -1.17. The van der Waals surface area contributed by atoms with Crippen LogP contribution in [0, 0.1) is 6.92 Å². The molecule has 0 unspecified atom stereocenters. The number of hydrogen-bond donors (Lipinski definition) is 0. The van der Waals surface area contributed by atoms with Gasteiger partial charge < -0.3 is 4.74 Å². The molecule has 0 bridgehead atoms. The third-order valence-corrected chi connectivity index (χ3v) is 4.77. The smallest absolute Gasteiger partial charge is 0.171 e. The van der Waals surface area contributed by atoms with Gasteiger partial charge in [-0.25, -0.2) is 9.97 Å². The van der Waals surface area contributed by atoms with Gasteiger partial charge >= 0.3 is 0 Å². The summed E-state index contributed by atoms with van der Waals surface area (Å²) < 4.78 is 6.09. The van der Waals surface area contributed by atoms with Crippen LogP contribution in [0.25, 0.3) is 21.6 Å². The number of methoxy groups -OCH3 is 1. The maximum absolute atomic E-state index is 6.30. The molecule has 0 aliphatic carbocycles. The molecule has 0 saturated carbocycles. The molecule has 3 aromatic rings. The quantitative estimate of drug-likeness (QED) is 0.590. The molecule has 0 N–H and O–H groups in total. The van der Waals surface area contributed by atoms with Crippen LogP contribution in [0.4, 0.5) is 0 Å². The fraction of sp³-hybridized carbons (Fsp3) is 0.143. The molecule has 0 fully saturated rings. The summed E-state index contributed by atoms with van der Waals surface area (Å²) in [6.45, 7) is 2.05. The summed E-state index contributed by atoms with van der Waals surface area (Å²) in [5, 5.41) is 1.23. The van der Waals surface area contributed by atoms with Crippen molar-refractivity contribution in [2.75, 3.05) is 7.11 Å². The summed E-state index contributed by atoms with van der Waals surface area (Å²) in [5.74, 6) is 1.37. The van der Waals surface area contributed by atoms with Gasteiger partial charge in [0, 0.05) is 15.4 Å². The van der Waals surface area contributed by atoms with Crippen LogP contribution in [-0.4, -0.2) is 17.1 Å². The van der Waals surface area contributed by atoms with Gasteiger partial charge in [0.25, 0.3) is 0 Å². The summed E-state index contributed by atoms with van der Waals surface area (Å²) >= 11 is 11.4. The summed E-state index contributed by atoms with van der Waals surface area (Å²) in [6.07, 6.45) is 0. The van der Waals surface area contributed by atoms with Crippen LogP contribution in [0.15, 0.2) is 28.7 Å². The molecule has 2 heterocycles. The second-order valence-corrected chi connectivity index (χ2v) is 6.75. The van der Waals surface area contributed by atoms with E-state index in [1.54, 1.807) is 18.4 Å². The fourth-order valence-corrected chi connectivity index (χ4v) is 3.74. The minimum Gasteiger partial charge on any atom is -0.497 e. The third kappa shape index (κ3) is 2.41. The lowest BCUT2D eigenvalue weighted by atomic mass is 10.2. The van der Waals surface area contributed by atoms with Crippen molar-refractivity contribution in [1.82, 2.24) is 9.97 Å². The molecule has 0 aliphatic rings. The molecule has 102 valence electrons. The largest absolute Gasteiger partial charge is 0.497 e. The highest BCUT2D eigenvalue weighted by molar-refractivity contribution is 9.10. The van der Waals surface area contributed by atoms with Crippen molar-refractivity contribution >= 4 is 49.8 Å². The second kappa shape index (κ2) is 5.31. The van der Waals surface area contributed by atoms with Gasteiger partial charge in [0.15, 0.2) is 5.82 Å². The zero-order valence-electron chi connectivity index (χ0n) is 10.8. The monoisotopic (exact) mass is 368 g/mol. The van der Waals surface area contributed by atoms with E-state index >= 15 is 0 Å². The number of thiophene rings is 1. The van der Waals surface area contributed by atoms with Gasteiger partial charge in [-0.1, -0.05) is 11.6 Å². The van der Waals surface area contributed by atoms with Crippen LogP contribution in [-0.2, 0) is 0 Å². The Morgan fingerprint density at radius 3 is 2.70 bits per heavy atom. The number of rotatable bonds is 2. The average molecular weight is 370 g/mol. The van der Waals surface area contributed by atoms with Gasteiger partial charge in [-0.3, -0.25) is 0 Å². The maximum atomic E-state index is 6.30. The Balaban J connectivity index is 2.27. The van der Waals surface area contributed by atoms with Gasteiger partial charge in [0.05, 0.1) is 22.9 Å². The van der Waals surface area contributed by atoms with Crippen molar-refractivity contribution in [2.24, 2.45) is 0 Å². The molecule has 0 saturated heterocycles. The van der Waals surface area contributed by atoms with E-state index in [-0.39, 0.29) is 0 Å². The highest BCUT2D eigenvalue weighted by Crippen LogP contribution is 2.35. The van der Waals surface area contributed by atoms with E-state index in [4.69, 9.17) is 16.3 Å². The topological polar surface area (TPSA) is 35.0 Å². The first-order valence-electron chi connectivity index (χ1n) is 5.86. The molecule has 6 heteroatoms. The summed E-state index contributed by atoms with van der Waals surface area (Å²) in [5.41, 5.74) is 0.761. The number of ether oxygens (including phenoxy) is 1. The van der Waals surface area contributed by atoms with Crippen molar-refractivity contribution in [3.8, 4) is 16.5 Å². The standard InChI is InChI=1S/C14H10BrClN2OS/c1-7-3-4-11(20-7)14-17-10-6-8(19-2)5-9(15)12(10)13(16)18-14/h3-6H,1-2H3. The van der Waals surface area contributed by atoms with Crippen LogP contribution in [0.1, 0.15) is 4.88 Å². The lowest BCUT2D eigenvalue weighted by molar-refractivity contribution is 0.415. The van der Waals surface area contributed by atoms with Crippen LogP contribution in [0.2, 0.25) is 5.15 Å². The van der Waals surface area contributed by atoms with Crippen LogP contribution in [0.5, 0.6) is 5.75 Å². The Morgan fingerprint density at radius 2 is 2.05 bits per heavy atom. The van der Waals surface area contributed by atoms with E-state index in [9.17, 15) is 0 Å². The second-order valence-electron chi connectivity index (χ2n) is 4.25. The van der Waals surface area contributed by atoms with Crippen molar-refractivity contribution in [3.63, 3.8) is 0 Å². The fourth-order valence-electron chi connectivity index (χ4n) is 1.93. The lowest BCUT2D eigenvalue weighted by Gasteiger charge is -2.07. The highest BCUT2D eigenvalue weighted by Gasteiger charge is 2.13. The predicted octanol–water partition coefficient (Wildman–Crippen LogP) is 5.09. The first-order valence-corrected chi connectivity index (χ1v) is 7.85. The summed E-state index contributed by atoms with van der Waals surface area (Å²) in [6, 6.07) is 7.76. The first-order chi connectivity index (χ1) is 9.58. The average Bonchev–Trinajstić information content (AvgIpc) is 2.84. The van der Waals surface area contributed by atoms with Gasteiger partial charge in [0.1, 0.15) is 10.9 Å². The zero-order valence-corrected chi connectivity index (χ0v) is 13.9. The molecule has 3 rings (SSSR count). The molecule has 1 aromatic carbocycles. The molecule has 0 spiro atoms. The summed E-state index contributed by atoms with van der Waals surface area (Å²) in [4.78, 5) is 11.2. The SMILES string of the molecule is COc1cc(Br)c2c(Cl)nc(-c3ccc(C)s3)nc2c1. The number of aromatic nitrogens is 2. The molecule has 3 nitrogen and oxygen atoms in total. The number of benzene rings is 1. The minimum atomic E-state index is 0.436. The lowest BCUT2D eigenvalue weighted by Crippen LogP contribution is -1.92. The van der Waals surface area contributed by atoms with E-state index in [0.29, 0.717) is 11.0 Å². The predicted molar refractivity (Wildman–Crippen MR) is 86.9 cm³/mol. The molecule has 2 aromatic heterocycles. The number of nitrogens with zero attached hydrogens (tertiary/aromatic N) is 2. The Morgan fingerprint density at radius 1 is 1.25 bits per heavy atom. The van der Waals surface area contributed by atoms with Crippen molar-refractivity contribution in [3.05, 3.63) is 38.8 Å². The third-order valence-electron chi connectivity index (χ3n) is 2.88. The van der Waals surface area contributed by atoms with Gasteiger partial charge in [-0.15, -0.1) is 11.3 Å². The van der Waals surface area contributed by atoms with Crippen molar-refractivity contribution in [2.45, 2.75) is 6.92 Å². The molecule has 0 radical (unpaired) electrons. The minimum absolute atomic E-state index is 0.436. The highest BCUT2D eigenvalue weighted by atomic mass is 79.9. The van der Waals surface area contributed by atoms with Crippen molar-refractivity contribution < 1.29 is 4.74 Å². The van der Waals surface area contributed by atoms with E-state index < -0.39 is 0 Å². The Labute approximate surface area is 133 Å². The van der Waals surface area contributed by atoms with E-state index in [1.165, 1.54) is 4.88 Å². The normalized spacial score (nSPS) is 11.0. The molecule has 0 amide bonds. The first kappa shape index (κ1) is 13.8. The molecule has 0 aliphatic heterocycles. The molecule has 20 heavy (non-hydrogen) atoms. The number of hydrogen-bond acceptors (Lipinski definition) is 4. The van der Waals surface area contributed by atoms with E-state index in [2.05, 4.69) is 32.8 Å². The number of aryl methyl sites for hydroxylation is 1. The van der Waals surface area contributed by atoms with E-state index in [0.717, 1.165) is 26.0 Å². The van der Waals surface area contributed by atoms with Crippen LogP contribution >= 0.6 is 38.9 Å². The van der Waals surface area contributed by atoms with Gasteiger partial charge in [-0.2, -0.15) is 0 Å². The Kier molecular flexibility index (Phi) is 3.67. The number of halogens is 2. The molecular formula is C14H10BrClN2OS. The maximum Gasteiger partial charge on any atom is 0.171 e. The van der Waals surface area contributed by atoms with Gasteiger partial charge in [-0.05, 0) is 41.1 Å². The summed E-state index contributed by atoms with van der Waals surface area (Å²) in [7, 11) is 1.62. The van der Waals surface area contributed by atoms with Gasteiger partial charge in [0.2, 0.25) is 0 Å². The van der Waals surface area contributed by atoms with E-state index in [1.807, 2.05) is 24.3 Å². The van der Waals surface area contributed by atoms with Crippen molar-refractivity contribution in [1.29, 1.82) is 0 Å². The zero-order chi connectivity index (χ0) is 14.3. The van der Waals surface area contributed by atoms with Crippen LogP contribution in [0.3, 0.4) is 0 Å². The van der Waals surface area contributed by atoms with Crippen LogP contribution < -0.4 is 4.74 Å². The Bertz CT molecular complexity index is 803. The molecule has 0 atom stereocenters. The number of fused-ring (bicyclic) bond motifs is 1.